The molecule has 164 valence electrons. The first-order chi connectivity index (χ1) is 15.0. The Morgan fingerprint density at radius 1 is 1.26 bits per heavy atom. The average Bonchev–Trinajstić information content (AvgIpc) is 3.24. The number of carbonyl (C=O) groups excluding carboxylic acids is 1. The number of nitrogens with zero attached hydrogens (tertiary/aromatic N) is 3. The van der Waals surface area contributed by atoms with Gasteiger partial charge in [-0.05, 0) is 62.9 Å². The molecule has 0 aromatic carbocycles. The van der Waals surface area contributed by atoms with Gasteiger partial charge in [-0.1, -0.05) is 6.58 Å². The van der Waals surface area contributed by atoms with Crippen molar-refractivity contribution in [2.75, 3.05) is 17.7 Å². The van der Waals surface area contributed by atoms with E-state index in [1.54, 1.807) is 24.5 Å². The molecule has 0 bridgehead atoms. The number of allylic oxidation sites excluding steroid dienone is 3. The van der Waals surface area contributed by atoms with Crippen molar-refractivity contribution < 1.29 is 9.53 Å². The Kier molecular flexibility index (Phi) is 7.77. The van der Waals surface area contributed by atoms with Gasteiger partial charge < -0.3 is 20.7 Å². The lowest BCUT2D eigenvalue weighted by molar-refractivity contribution is -0.117. The average molecular weight is 441 g/mol. The van der Waals surface area contributed by atoms with Gasteiger partial charge in [0.1, 0.15) is 5.82 Å². The van der Waals surface area contributed by atoms with E-state index in [-0.39, 0.29) is 11.9 Å². The molecule has 0 atom stereocenters. The highest BCUT2D eigenvalue weighted by Gasteiger charge is 2.23. The second-order valence-electron chi connectivity index (χ2n) is 7.28. The Morgan fingerprint density at radius 3 is 2.68 bits per heavy atom. The summed E-state index contributed by atoms with van der Waals surface area (Å²) in [4.78, 5) is 24.6. The second kappa shape index (κ2) is 10.7. The molecule has 0 radical (unpaired) electrons. The molecule has 2 aromatic rings. The summed E-state index contributed by atoms with van der Waals surface area (Å²) in [6.07, 6.45) is 8.65. The summed E-state index contributed by atoms with van der Waals surface area (Å²) in [6, 6.07) is 2.49. The van der Waals surface area contributed by atoms with Crippen molar-refractivity contribution in [2.24, 2.45) is 4.99 Å². The van der Waals surface area contributed by atoms with Crippen molar-refractivity contribution in [1.29, 1.82) is 0 Å². The molecule has 3 rings (SSSR count). The fraction of sp³-hybridized carbons (Fsp3) is 0.364. The van der Waals surface area contributed by atoms with Gasteiger partial charge in [-0.2, -0.15) is 4.98 Å². The summed E-state index contributed by atoms with van der Waals surface area (Å²) < 4.78 is 6.11. The zero-order valence-corrected chi connectivity index (χ0v) is 18.7. The van der Waals surface area contributed by atoms with Crippen molar-refractivity contribution in [3.8, 4) is 0 Å². The van der Waals surface area contributed by atoms with Crippen LogP contribution in [0.3, 0.4) is 0 Å². The van der Waals surface area contributed by atoms with Gasteiger partial charge in [0.25, 0.3) is 0 Å². The van der Waals surface area contributed by atoms with Crippen LogP contribution in [0.1, 0.15) is 32.6 Å². The Balaban J connectivity index is 1.70. The third-order valence-electron chi connectivity index (χ3n) is 5.05. The molecule has 3 N–H and O–H groups in total. The topological polar surface area (TPSA) is 101 Å². The molecule has 1 fully saturated rings. The largest absolute Gasteiger partial charge is 0.481 e. The minimum absolute atomic E-state index is 0.108. The van der Waals surface area contributed by atoms with E-state index in [0.29, 0.717) is 17.9 Å². The molecule has 31 heavy (non-hydrogen) atoms. The molecule has 1 aliphatic carbocycles. The van der Waals surface area contributed by atoms with Gasteiger partial charge in [-0.15, -0.1) is 11.3 Å². The van der Waals surface area contributed by atoms with Gasteiger partial charge in [0.05, 0.1) is 17.3 Å². The number of amides is 1. The van der Waals surface area contributed by atoms with E-state index in [0.717, 1.165) is 47.4 Å². The van der Waals surface area contributed by atoms with Crippen LogP contribution in [-0.4, -0.2) is 41.8 Å². The standard InChI is InChI=1S/C22H28N6O2S/c1-5-18(29)25-15-7-9-16(10-8-15)26-21-20-17(12-13-31-20)27-22(28-21)24-14(2)6-11-19(23-3)30-4/h5-6,11-13,15-16H,1,3,7-10H2,2,4H3,(H,25,29)(H2,24,26,27,28)/b14-6+,19-11+. The highest BCUT2D eigenvalue weighted by atomic mass is 32.1. The highest BCUT2D eigenvalue weighted by Crippen LogP contribution is 2.30. The molecule has 8 nitrogen and oxygen atoms in total. The third-order valence-corrected chi connectivity index (χ3v) is 5.96. The van der Waals surface area contributed by atoms with E-state index < -0.39 is 0 Å². The van der Waals surface area contributed by atoms with E-state index in [4.69, 9.17) is 9.72 Å². The molecule has 0 spiro atoms. The number of anilines is 2. The van der Waals surface area contributed by atoms with E-state index >= 15 is 0 Å². The van der Waals surface area contributed by atoms with Gasteiger partial charge >= 0.3 is 0 Å². The minimum Gasteiger partial charge on any atom is -0.481 e. The van der Waals surface area contributed by atoms with Crippen LogP contribution in [-0.2, 0) is 9.53 Å². The third kappa shape index (κ3) is 6.14. The maximum absolute atomic E-state index is 11.5. The number of hydrogen-bond acceptors (Lipinski definition) is 8. The summed E-state index contributed by atoms with van der Waals surface area (Å²) in [5.41, 5.74) is 1.74. The lowest BCUT2D eigenvalue weighted by Crippen LogP contribution is -2.39. The number of fused-ring (bicyclic) bond motifs is 1. The molecule has 1 aliphatic rings. The Bertz CT molecular complexity index is 1000. The molecule has 2 heterocycles. The summed E-state index contributed by atoms with van der Waals surface area (Å²) in [7, 11) is 1.55. The zero-order valence-electron chi connectivity index (χ0n) is 17.9. The Hall–Kier alpha value is -3.20. The van der Waals surface area contributed by atoms with Crippen molar-refractivity contribution in [1.82, 2.24) is 15.3 Å². The summed E-state index contributed by atoms with van der Waals surface area (Å²) in [6.45, 7) is 8.89. The van der Waals surface area contributed by atoms with Gasteiger partial charge in [-0.3, -0.25) is 4.79 Å². The minimum atomic E-state index is -0.108. The van der Waals surface area contributed by atoms with E-state index in [9.17, 15) is 4.79 Å². The van der Waals surface area contributed by atoms with Crippen molar-refractivity contribution in [2.45, 2.75) is 44.7 Å². The van der Waals surface area contributed by atoms with Crippen molar-refractivity contribution in [3.05, 3.63) is 47.8 Å². The Morgan fingerprint density at radius 2 is 2.00 bits per heavy atom. The number of thiophene rings is 1. The number of rotatable bonds is 9. The van der Waals surface area contributed by atoms with Crippen LogP contribution in [0.4, 0.5) is 11.8 Å². The van der Waals surface area contributed by atoms with E-state index in [1.165, 1.54) is 6.08 Å². The second-order valence-corrected chi connectivity index (χ2v) is 8.19. The van der Waals surface area contributed by atoms with E-state index in [2.05, 4.69) is 39.2 Å². The fourth-order valence-electron chi connectivity index (χ4n) is 3.45. The number of methoxy groups -OCH3 is 1. The van der Waals surface area contributed by atoms with Crippen LogP contribution < -0.4 is 16.0 Å². The number of hydrogen-bond donors (Lipinski definition) is 3. The molecule has 9 heteroatoms. The van der Waals surface area contributed by atoms with Crippen LogP contribution in [0.5, 0.6) is 0 Å². The number of aliphatic imine (C=N–C) groups is 1. The van der Waals surface area contributed by atoms with Crippen LogP contribution in [0.2, 0.25) is 0 Å². The normalized spacial score (nSPS) is 19.5. The predicted molar refractivity (Wildman–Crippen MR) is 127 cm³/mol. The number of ether oxygens (including phenoxy) is 1. The first kappa shape index (κ1) is 22.5. The van der Waals surface area contributed by atoms with Crippen LogP contribution >= 0.6 is 11.3 Å². The van der Waals surface area contributed by atoms with Gasteiger partial charge in [0.2, 0.25) is 17.7 Å². The maximum atomic E-state index is 11.5. The highest BCUT2D eigenvalue weighted by molar-refractivity contribution is 7.17. The molecular weight excluding hydrogens is 412 g/mol. The summed E-state index contributed by atoms with van der Waals surface area (Å²) >= 11 is 1.62. The smallest absolute Gasteiger partial charge is 0.243 e. The van der Waals surface area contributed by atoms with Gasteiger partial charge in [0, 0.05) is 23.9 Å². The molecular formula is C22H28N6O2S. The number of aromatic nitrogens is 2. The monoisotopic (exact) mass is 440 g/mol. The van der Waals surface area contributed by atoms with Crippen molar-refractivity contribution in [3.63, 3.8) is 0 Å². The van der Waals surface area contributed by atoms with Crippen LogP contribution in [0, 0.1) is 0 Å². The van der Waals surface area contributed by atoms with Gasteiger partial charge in [0.15, 0.2) is 0 Å². The van der Waals surface area contributed by atoms with Crippen LogP contribution in [0.15, 0.2) is 52.8 Å². The number of carbonyl (C=O) groups is 1. The molecule has 0 unspecified atom stereocenters. The van der Waals surface area contributed by atoms with E-state index in [1.807, 2.05) is 24.4 Å². The molecule has 0 saturated heterocycles. The zero-order chi connectivity index (χ0) is 22.2. The first-order valence-corrected chi connectivity index (χ1v) is 11.0. The molecule has 2 aromatic heterocycles. The quantitative estimate of drug-likeness (QED) is 0.234. The fourth-order valence-corrected chi connectivity index (χ4v) is 4.24. The van der Waals surface area contributed by atoms with Crippen LogP contribution in [0.25, 0.3) is 10.2 Å². The molecule has 0 aliphatic heterocycles. The summed E-state index contributed by atoms with van der Waals surface area (Å²) in [5.74, 6) is 1.67. The molecule has 1 saturated carbocycles. The number of nitrogens with one attached hydrogen (secondary N) is 3. The van der Waals surface area contributed by atoms with Gasteiger partial charge in [-0.25, -0.2) is 9.98 Å². The maximum Gasteiger partial charge on any atom is 0.243 e. The van der Waals surface area contributed by atoms with Crippen molar-refractivity contribution >= 4 is 45.9 Å². The SMILES string of the molecule is C=CC(=O)NC1CCC(Nc2nc(N/C(C)=C/C=C(\N=C)OC)nc3ccsc23)CC1. The molecule has 1 amide bonds. The predicted octanol–water partition coefficient (Wildman–Crippen LogP) is 4.22. The lowest BCUT2D eigenvalue weighted by Gasteiger charge is -2.29. The lowest BCUT2D eigenvalue weighted by atomic mass is 9.91. The summed E-state index contributed by atoms with van der Waals surface area (Å²) in [5, 5.41) is 11.8. The first-order valence-electron chi connectivity index (χ1n) is 10.1. The Labute approximate surface area is 186 Å².